The van der Waals surface area contributed by atoms with E-state index in [2.05, 4.69) is 6.07 Å². The van der Waals surface area contributed by atoms with Crippen LogP contribution >= 0.6 is 0 Å². The summed E-state index contributed by atoms with van der Waals surface area (Å²) in [5.74, 6) is -1.56. The highest BCUT2D eigenvalue weighted by Gasteiger charge is 2.63. The lowest BCUT2D eigenvalue weighted by atomic mass is 9.67. The van der Waals surface area contributed by atoms with E-state index in [1.165, 1.54) is 17.0 Å². The van der Waals surface area contributed by atoms with Crippen LogP contribution in [0.2, 0.25) is 0 Å². The molecule has 1 spiro atoms. The standard InChI is InChI=1S/C28H19FN4O3/c29-18-8-6-7-17(13-18)15-32-22-12-5-4-11-20(22)28(27(32)35)21(14-30)25(31)33(19-9-2-1-3-10-19)23-16-36-26(34)24(23)28/h1-13H,15-16,31H2. The molecular weight excluding hydrogens is 459 g/mol. The molecule has 3 heterocycles. The fourth-order valence-corrected chi connectivity index (χ4v) is 5.44. The van der Waals surface area contributed by atoms with Gasteiger partial charge < -0.3 is 15.4 Å². The fraction of sp³-hybridized carbons (Fsp3) is 0.107. The van der Waals surface area contributed by atoms with Gasteiger partial charge in [0.25, 0.3) is 0 Å². The summed E-state index contributed by atoms with van der Waals surface area (Å²) in [5.41, 5.74) is 7.48. The summed E-state index contributed by atoms with van der Waals surface area (Å²) in [6.07, 6.45) is 0. The number of amides is 1. The topological polar surface area (TPSA) is 99.7 Å². The Morgan fingerprint density at radius 1 is 1.03 bits per heavy atom. The minimum absolute atomic E-state index is 0.0496. The Bertz CT molecular complexity index is 1560. The summed E-state index contributed by atoms with van der Waals surface area (Å²) in [5, 5.41) is 10.4. The molecule has 6 rings (SSSR count). The number of esters is 1. The number of hydrogen-bond donors (Lipinski definition) is 1. The summed E-state index contributed by atoms with van der Waals surface area (Å²) in [6.45, 7) is -0.0441. The van der Waals surface area contributed by atoms with E-state index in [0.29, 0.717) is 28.2 Å². The van der Waals surface area contributed by atoms with Crippen LogP contribution in [0.4, 0.5) is 15.8 Å². The Morgan fingerprint density at radius 3 is 2.53 bits per heavy atom. The molecule has 3 aliphatic heterocycles. The molecular formula is C28H19FN4O3. The van der Waals surface area contributed by atoms with Crippen LogP contribution in [0.5, 0.6) is 0 Å². The summed E-state index contributed by atoms with van der Waals surface area (Å²) in [4.78, 5) is 30.8. The van der Waals surface area contributed by atoms with E-state index < -0.39 is 23.1 Å². The van der Waals surface area contributed by atoms with Gasteiger partial charge in [0.1, 0.15) is 29.7 Å². The smallest absolute Gasteiger partial charge is 0.338 e. The highest BCUT2D eigenvalue weighted by atomic mass is 19.1. The first-order chi connectivity index (χ1) is 17.5. The first-order valence-electron chi connectivity index (χ1n) is 11.3. The van der Waals surface area contributed by atoms with Gasteiger partial charge in [0, 0.05) is 16.9 Å². The second kappa shape index (κ2) is 7.82. The number of halogens is 1. The third-order valence-corrected chi connectivity index (χ3v) is 6.87. The first kappa shape index (κ1) is 21.6. The fourth-order valence-electron chi connectivity index (χ4n) is 5.44. The van der Waals surface area contributed by atoms with E-state index >= 15 is 0 Å². The van der Waals surface area contributed by atoms with Gasteiger partial charge in [-0.05, 0) is 35.9 Å². The number of cyclic esters (lactones) is 1. The van der Waals surface area contributed by atoms with Gasteiger partial charge in [0.15, 0.2) is 0 Å². The van der Waals surface area contributed by atoms with Gasteiger partial charge in [0.2, 0.25) is 5.91 Å². The molecule has 0 saturated heterocycles. The number of carbonyl (C=O) groups excluding carboxylic acids is 2. The van der Waals surface area contributed by atoms with E-state index in [0.717, 1.165) is 0 Å². The Balaban J connectivity index is 1.62. The monoisotopic (exact) mass is 478 g/mol. The van der Waals surface area contributed by atoms with Crippen molar-refractivity contribution in [2.75, 3.05) is 16.4 Å². The molecule has 3 aromatic rings. The van der Waals surface area contributed by atoms with Crippen LogP contribution in [-0.2, 0) is 26.3 Å². The number of fused-ring (bicyclic) bond motifs is 3. The second-order valence-corrected chi connectivity index (χ2v) is 8.73. The molecule has 0 fully saturated rings. The maximum absolute atomic E-state index is 14.4. The highest BCUT2D eigenvalue weighted by Crippen LogP contribution is 2.56. The lowest BCUT2D eigenvalue weighted by Crippen LogP contribution is -2.50. The molecule has 1 unspecified atom stereocenters. The number of nitrogens with two attached hydrogens (primary N) is 1. The summed E-state index contributed by atoms with van der Waals surface area (Å²) < 4.78 is 19.4. The second-order valence-electron chi connectivity index (χ2n) is 8.73. The Hall–Kier alpha value is -4.90. The number of anilines is 2. The van der Waals surface area contributed by atoms with E-state index in [9.17, 15) is 19.2 Å². The largest absolute Gasteiger partial charge is 0.456 e. The Kier molecular flexibility index (Phi) is 4.70. The Morgan fingerprint density at radius 2 is 1.78 bits per heavy atom. The SMILES string of the molecule is N#CC1=C(N)N(c2ccccc2)C2=C(C(=O)OC2)C12C(=O)N(Cc1cccc(F)c1)c1ccccc12. The van der Waals surface area contributed by atoms with Crippen LogP contribution in [-0.4, -0.2) is 18.5 Å². The summed E-state index contributed by atoms with van der Waals surface area (Å²) in [7, 11) is 0. The number of rotatable bonds is 3. The zero-order valence-electron chi connectivity index (χ0n) is 18.9. The Labute approximate surface area is 206 Å². The van der Waals surface area contributed by atoms with Crippen molar-refractivity contribution in [1.29, 1.82) is 5.26 Å². The number of nitriles is 1. The predicted octanol–water partition coefficient (Wildman–Crippen LogP) is 3.64. The van der Waals surface area contributed by atoms with Crippen molar-refractivity contribution in [3.63, 3.8) is 0 Å². The van der Waals surface area contributed by atoms with Crippen molar-refractivity contribution < 1.29 is 18.7 Å². The quantitative estimate of drug-likeness (QED) is 0.577. The minimum Gasteiger partial charge on any atom is -0.456 e. The number of ether oxygens (including phenoxy) is 1. The van der Waals surface area contributed by atoms with E-state index in [4.69, 9.17) is 10.5 Å². The van der Waals surface area contributed by atoms with Crippen LogP contribution in [0.1, 0.15) is 11.1 Å². The van der Waals surface area contributed by atoms with Crippen LogP contribution in [0.15, 0.2) is 102 Å². The summed E-state index contributed by atoms with van der Waals surface area (Å²) in [6, 6.07) is 24.2. The number of para-hydroxylation sites is 2. The molecule has 0 bridgehead atoms. The maximum Gasteiger partial charge on any atom is 0.338 e. The molecule has 36 heavy (non-hydrogen) atoms. The molecule has 3 aromatic carbocycles. The average Bonchev–Trinajstić information content (AvgIpc) is 3.37. The number of benzene rings is 3. The summed E-state index contributed by atoms with van der Waals surface area (Å²) >= 11 is 0. The van der Waals surface area contributed by atoms with Crippen molar-refractivity contribution in [3.05, 3.63) is 118 Å². The van der Waals surface area contributed by atoms with E-state index in [1.54, 1.807) is 53.4 Å². The normalized spacial score (nSPS) is 20.6. The van der Waals surface area contributed by atoms with Crippen molar-refractivity contribution >= 4 is 23.3 Å². The van der Waals surface area contributed by atoms with Gasteiger partial charge in [-0.1, -0.05) is 48.5 Å². The van der Waals surface area contributed by atoms with Crippen LogP contribution in [0.25, 0.3) is 0 Å². The molecule has 0 radical (unpaired) electrons. The molecule has 2 N–H and O–H groups in total. The van der Waals surface area contributed by atoms with Crippen LogP contribution in [0, 0.1) is 17.1 Å². The zero-order valence-corrected chi connectivity index (χ0v) is 18.9. The first-order valence-corrected chi connectivity index (χ1v) is 11.3. The van der Waals surface area contributed by atoms with E-state index in [1.807, 2.05) is 18.2 Å². The van der Waals surface area contributed by atoms with Gasteiger partial charge in [-0.2, -0.15) is 5.26 Å². The molecule has 0 saturated carbocycles. The highest BCUT2D eigenvalue weighted by molar-refractivity contribution is 6.19. The van der Waals surface area contributed by atoms with Gasteiger partial charge in [-0.25, -0.2) is 9.18 Å². The molecule has 1 atom stereocenters. The van der Waals surface area contributed by atoms with E-state index in [-0.39, 0.29) is 30.1 Å². The third-order valence-electron chi connectivity index (χ3n) is 6.87. The van der Waals surface area contributed by atoms with Crippen molar-refractivity contribution in [1.82, 2.24) is 0 Å². The predicted molar refractivity (Wildman–Crippen MR) is 129 cm³/mol. The lowest BCUT2D eigenvalue weighted by Gasteiger charge is -2.38. The maximum atomic E-state index is 14.4. The lowest BCUT2D eigenvalue weighted by molar-refractivity contribution is -0.137. The van der Waals surface area contributed by atoms with Crippen molar-refractivity contribution in [2.24, 2.45) is 5.73 Å². The molecule has 0 aliphatic carbocycles. The molecule has 176 valence electrons. The molecule has 0 aromatic heterocycles. The van der Waals surface area contributed by atoms with Crippen molar-refractivity contribution in [3.8, 4) is 6.07 Å². The van der Waals surface area contributed by atoms with Gasteiger partial charge in [-0.3, -0.25) is 9.69 Å². The van der Waals surface area contributed by atoms with Gasteiger partial charge in [0.05, 0.1) is 23.4 Å². The van der Waals surface area contributed by atoms with Gasteiger partial charge in [-0.15, -0.1) is 0 Å². The number of nitrogens with zero attached hydrogens (tertiary/aromatic N) is 3. The molecule has 1 amide bonds. The van der Waals surface area contributed by atoms with Crippen LogP contribution in [0.3, 0.4) is 0 Å². The van der Waals surface area contributed by atoms with Crippen molar-refractivity contribution in [2.45, 2.75) is 12.0 Å². The molecule has 7 nitrogen and oxygen atoms in total. The van der Waals surface area contributed by atoms with Gasteiger partial charge >= 0.3 is 5.97 Å². The third kappa shape index (κ3) is 2.77. The molecule has 3 aliphatic rings. The van der Waals surface area contributed by atoms with Crippen LogP contribution < -0.4 is 15.5 Å². The number of hydrogen-bond acceptors (Lipinski definition) is 6. The minimum atomic E-state index is -1.77. The molecule has 8 heteroatoms. The average molecular weight is 478 g/mol. The number of carbonyl (C=O) groups is 2. The zero-order chi connectivity index (χ0) is 25.0.